The highest BCUT2D eigenvalue weighted by Gasteiger charge is 2.49. The van der Waals surface area contributed by atoms with Crippen LogP contribution in [-0.2, 0) is 18.9 Å². The van der Waals surface area contributed by atoms with Crippen molar-refractivity contribution in [2.24, 2.45) is 0 Å². The molecule has 23 heteroatoms. The number of rotatable bonds is 10. The van der Waals surface area contributed by atoms with Crippen LogP contribution in [0.2, 0.25) is 0 Å². The van der Waals surface area contributed by atoms with Gasteiger partial charge < -0.3 is 109 Å². The summed E-state index contributed by atoms with van der Waals surface area (Å²) in [6, 6.07) is 3.54. The molecule has 15 N–H and O–H groups in total. The van der Waals surface area contributed by atoms with Crippen LogP contribution in [0, 0.1) is 0 Å². The minimum Gasteiger partial charge on any atom is -0.507 e. The summed E-state index contributed by atoms with van der Waals surface area (Å²) in [5.41, 5.74) is -2.36. The van der Waals surface area contributed by atoms with E-state index in [4.69, 9.17) is 32.8 Å². The number of fused-ring (bicyclic) bond motifs is 1. The largest absolute Gasteiger partial charge is 0.507 e. The molecule has 3 fully saturated rings. The molecule has 3 aromatic rings. The molecule has 3 aliphatic heterocycles. The van der Waals surface area contributed by atoms with Gasteiger partial charge in [0, 0.05) is 11.6 Å². The molecule has 3 saturated heterocycles. The number of benzene rings is 2. The van der Waals surface area contributed by atoms with E-state index in [1.165, 1.54) is 0 Å². The van der Waals surface area contributed by atoms with Gasteiger partial charge in [0.1, 0.15) is 84.4 Å². The van der Waals surface area contributed by atoms with E-state index in [0.717, 1.165) is 18.2 Å². The fourth-order valence-corrected chi connectivity index (χ4v) is 6.31. The van der Waals surface area contributed by atoms with Crippen LogP contribution in [0.25, 0.3) is 22.3 Å². The Labute approximate surface area is 312 Å². The van der Waals surface area contributed by atoms with E-state index in [1.807, 2.05) is 0 Å². The number of hydrogen-bond donors (Lipinski definition) is 15. The van der Waals surface area contributed by atoms with Crippen LogP contribution in [0.4, 0.5) is 0 Å². The zero-order valence-corrected chi connectivity index (χ0v) is 28.6. The summed E-state index contributed by atoms with van der Waals surface area (Å²) in [7, 11) is 0. The van der Waals surface area contributed by atoms with Crippen molar-refractivity contribution in [1.82, 2.24) is 0 Å². The molecule has 6 rings (SSSR count). The number of aliphatic hydroxyl groups is 11. The predicted octanol–water partition coefficient (Wildman–Crippen LogP) is -5.54. The Hall–Kier alpha value is -4.15. The molecule has 23 nitrogen and oxygen atoms in total. The van der Waals surface area contributed by atoms with Crippen LogP contribution in [0.15, 0.2) is 33.5 Å². The second-order valence-electron chi connectivity index (χ2n) is 13.2. The highest BCUT2D eigenvalue weighted by molar-refractivity contribution is 5.93. The van der Waals surface area contributed by atoms with E-state index < -0.39 is 169 Å². The molecule has 0 spiro atoms. The summed E-state index contributed by atoms with van der Waals surface area (Å²) in [6.45, 7) is -2.43. The molecule has 56 heavy (non-hydrogen) atoms. The maximum atomic E-state index is 14.2. The third-order valence-electron chi connectivity index (χ3n) is 9.53. The lowest BCUT2D eigenvalue weighted by Crippen LogP contribution is -2.62. The van der Waals surface area contributed by atoms with E-state index in [2.05, 4.69) is 0 Å². The van der Waals surface area contributed by atoms with Crippen molar-refractivity contribution in [3.8, 4) is 45.8 Å². The quantitative estimate of drug-likeness (QED) is 0.0850. The van der Waals surface area contributed by atoms with Crippen molar-refractivity contribution in [2.45, 2.75) is 92.1 Å². The number of phenols is 4. The molecular formula is C33H40O23. The summed E-state index contributed by atoms with van der Waals surface area (Å²) < 4.78 is 38.8. The van der Waals surface area contributed by atoms with Gasteiger partial charge in [-0.25, -0.2) is 0 Å². The standard InChI is InChI=1S/C33H40O23/c34-5-13-17(40)21(44)24(47)31(51-13)50-7-15-19(42)23(46)26(49)33(53-15)56-30-20(43)16-11(38)4-12(39)28(55-32-25(48)22(45)18(41)14(6-35)52-32)29(16)54-27(30)8-1-2-9(36)10(37)3-8/h1-4,13-15,17-19,21-26,31-42,44-49H,5-7H2/t13-,14-,15+,17-,18-,19+,21-,22-,23+,24-,25+,26-,31+,32+,33+/m1/s1. The van der Waals surface area contributed by atoms with E-state index in [-0.39, 0.29) is 5.56 Å². The Morgan fingerprint density at radius 1 is 0.536 bits per heavy atom. The highest BCUT2D eigenvalue weighted by Crippen LogP contribution is 2.45. The van der Waals surface area contributed by atoms with E-state index in [9.17, 15) is 81.4 Å². The molecule has 310 valence electrons. The number of phenolic OH excluding ortho intramolecular Hbond substituents is 4. The van der Waals surface area contributed by atoms with Gasteiger partial charge in [0.15, 0.2) is 34.9 Å². The molecule has 0 bridgehead atoms. The van der Waals surface area contributed by atoms with Crippen LogP contribution in [-0.4, -0.2) is 189 Å². The van der Waals surface area contributed by atoms with Crippen LogP contribution in [0.5, 0.6) is 34.5 Å². The first-order valence-corrected chi connectivity index (χ1v) is 16.8. The number of hydrogen-bond acceptors (Lipinski definition) is 23. The average molecular weight is 805 g/mol. The second kappa shape index (κ2) is 16.4. The van der Waals surface area contributed by atoms with Gasteiger partial charge in [-0.2, -0.15) is 0 Å². The maximum absolute atomic E-state index is 14.2. The minimum atomic E-state index is -2.15. The lowest BCUT2D eigenvalue weighted by atomic mass is 9.98. The SMILES string of the molecule is O=c1c(O[C@@H]2O[C@@H](CO[C@H]3O[C@H](CO)[C@@H](O)[C@@H](O)[C@H]3O)[C@H](O)[C@H](O)[C@H]2O)c(-c2ccc(O)c(O)c2)oc2c(O[C@@H]3O[C@H](CO)[C@@H](O)[C@@H](O)[C@@H]3O)c(O)cc(O)c12. The van der Waals surface area contributed by atoms with Crippen molar-refractivity contribution in [2.75, 3.05) is 19.8 Å². The van der Waals surface area contributed by atoms with Crippen LogP contribution in [0.1, 0.15) is 0 Å². The van der Waals surface area contributed by atoms with Crippen molar-refractivity contribution in [3.63, 3.8) is 0 Å². The monoisotopic (exact) mass is 804 g/mol. The summed E-state index contributed by atoms with van der Waals surface area (Å²) in [6.07, 6.45) is -27.7. The van der Waals surface area contributed by atoms with Gasteiger partial charge in [-0.05, 0) is 18.2 Å². The van der Waals surface area contributed by atoms with Gasteiger partial charge >= 0.3 is 0 Å². The third kappa shape index (κ3) is 7.51. The third-order valence-corrected chi connectivity index (χ3v) is 9.53. The Bertz CT molecular complexity index is 1920. The van der Waals surface area contributed by atoms with Gasteiger partial charge in [-0.15, -0.1) is 0 Å². The Balaban J connectivity index is 1.39. The van der Waals surface area contributed by atoms with Crippen molar-refractivity contribution < 1.29 is 109 Å². The van der Waals surface area contributed by atoms with E-state index in [0.29, 0.717) is 6.07 Å². The van der Waals surface area contributed by atoms with Crippen LogP contribution >= 0.6 is 0 Å². The summed E-state index contributed by atoms with van der Waals surface area (Å²) in [5, 5.41) is 154. The molecule has 0 saturated carbocycles. The molecule has 0 radical (unpaired) electrons. The molecule has 1 aromatic heterocycles. The average Bonchev–Trinajstić information content (AvgIpc) is 3.17. The summed E-state index contributed by atoms with van der Waals surface area (Å²) >= 11 is 0. The zero-order valence-electron chi connectivity index (χ0n) is 28.6. The second-order valence-corrected chi connectivity index (χ2v) is 13.2. The smallest absolute Gasteiger partial charge is 0.239 e. The van der Waals surface area contributed by atoms with E-state index in [1.54, 1.807) is 0 Å². The van der Waals surface area contributed by atoms with Crippen LogP contribution in [0.3, 0.4) is 0 Å². The van der Waals surface area contributed by atoms with Gasteiger partial charge in [0.2, 0.25) is 29.5 Å². The molecule has 0 aliphatic carbocycles. The zero-order chi connectivity index (χ0) is 40.9. The summed E-state index contributed by atoms with van der Waals surface area (Å²) in [4.78, 5) is 14.2. The normalized spacial score (nSPS) is 36.4. The number of ether oxygens (including phenoxy) is 6. The lowest BCUT2D eigenvalue weighted by Gasteiger charge is -2.42. The molecule has 4 heterocycles. The molecule has 3 aliphatic rings. The first-order valence-electron chi connectivity index (χ1n) is 16.8. The first-order chi connectivity index (χ1) is 26.5. The predicted molar refractivity (Wildman–Crippen MR) is 176 cm³/mol. The topological polar surface area (TPSA) is 389 Å². The molecule has 2 aromatic carbocycles. The van der Waals surface area contributed by atoms with Gasteiger partial charge in [0.05, 0.1) is 19.8 Å². The molecule has 0 amide bonds. The lowest BCUT2D eigenvalue weighted by molar-refractivity contribution is -0.323. The fraction of sp³-hybridized carbons (Fsp3) is 0.545. The Kier molecular flexibility index (Phi) is 12.1. The Morgan fingerprint density at radius 3 is 1.59 bits per heavy atom. The van der Waals surface area contributed by atoms with Crippen molar-refractivity contribution >= 4 is 11.0 Å². The maximum Gasteiger partial charge on any atom is 0.239 e. The molecule has 15 atom stereocenters. The number of aromatic hydroxyl groups is 4. The number of aliphatic hydroxyl groups excluding tert-OH is 11. The fourth-order valence-electron chi connectivity index (χ4n) is 6.31. The van der Waals surface area contributed by atoms with Crippen LogP contribution < -0.4 is 14.9 Å². The minimum absolute atomic E-state index is 0.260. The van der Waals surface area contributed by atoms with Gasteiger partial charge in [0.25, 0.3) is 0 Å². The van der Waals surface area contributed by atoms with Crippen molar-refractivity contribution in [3.05, 3.63) is 34.5 Å². The molecular weight excluding hydrogens is 764 g/mol. The molecule has 0 unspecified atom stereocenters. The van der Waals surface area contributed by atoms with Gasteiger partial charge in [-0.1, -0.05) is 0 Å². The van der Waals surface area contributed by atoms with E-state index >= 15 is 0 Å². The highest BCUT2D eigenvalue weighted by atomic mass is 16.7. The van der Waals surface area contributed by atoms with Gasteiger partial charge in [-0.3, -0.25) is 4.79 Å². The summed E-state index contributed by atoms with van der Waals surface area (Å²) in [5.74, 6) is -5.72. The Morgan fingerprint density at radius 2 is 1.04 bits per heavy atom. The van der Waals surface area contributed by atoms with Crippen molar-refractivity contribution in [1.29, 1.82) is 0 Å². The first kappa shape index (κ1) is 41.5.